The summed E-state index contributed by atoms with van der Waals surface area (Å²) in [6, 6.07) is 0.168. The van der Waals surface area contributed by atoms with Crippen LogP contribution in [0.2, 0.25) is 0 Å². The summed E-state index contributed by atoms with van der Waals surface area (Å²) in [6.07, 6.45) is 0. The van der Waals surface area contributed by atoms with Crippen molar-refractivity contribution in [1.29, 1.82) is 0 Å². The second-order valence-electron chi connectivity index (χ2n) is 5.65. The van der Waals surface area contributed by atoms with E-state index in [0.29, 0.717) is 0 Å². The van der Waals surface area contributed by atoms with E-state index in [1.807, 2.05) is 25.6 Å². The van der Waals surface area contributed by atoms with E-state index >= 15 is 0 Å². The summed E-state index contributed by atoms with van der Waals surface area (Å²) in [4.78, 5) is 18.1. The Labute approximate surface area is 143 Å². The molecule has 0 unspecified atom stereocenters. The standard InChI is InChI=1S/C13H26N4OS.HI/c1-10(2)16-11(18)8-15-12(14-5)17-6-7-19-13(3,4)9-17;/h10H,6-9H2,1-5H3,(H,14,15)(H,16,18);1H. The van der Waals surface area contributed by atoms with E-state index in [0.717, 1.165) is 24.8 Å². The van der Waals surface area contributed by atoms with Crippen molar-refractivity contribution in [1.82, 2.24) is 15.5 Å². The zero-order valence-corrected chi connectivity index (χ0v) is 16.2. The minimum absolute atomic E-state index is 0. The van der Waals surface area contributed by atoms with Crippen molar-refractivity contribution >= 4 is 47.6 Å². The molecule has 0 radical (unpaired) electrons. The summed E-state index contributed by atoms with van der Waals surface area (Å²) in [5.41, 5.74) is 0. The van der Waals surface area contributed by atoms with Gasteiger partial charge in [-0.3, -0.25) is 9.79 Å². The Balaban J connectivity index is 0.00000361. The molecular formula is C13H27IN4OS. The fourth-order valence-corrected chi connectivity index (χ4v) is 3.17. The molecule has 1 amide bonds. The van der Waals surface area contributed by atoms with Crippen molar-refractivity contribution in [2.45, 2.75) is 38.5 Å². The van der Waals surface area contributed by atoms with Crippen molar-refractivity contribution in [3.05, 3.63) is 0 Å². The van der Waals surface area contributed by atoms with E-state index in [1.165, 1.54) is 0 Å². The molecule has 0 spiro atoms. The zero-order chi connectivity index (χ0) is 14.5. The molecule has 1 saturated heterocycles. The first kappa shape index (κ1) is 19.8. The van der Waals surface area contributed by atoms with Crippen molar-refractivity contribution in [2.24, 2.45) is 4.99 Å². The molecule has 118 valence electrons. The van der Waals surface area contributed by atoms with Gasteiger partial charge in [-0.05, 0) is 27.7 Å². The highest BCUT2D eigenvalue weighted by atomic mass is 127. The van der Waals surface area contributed by atoms with Gasteiger partial charge in [0.2, 0.25) is 5.91 Å². The number of aliphatic imine (C=N–C) groups is 1. The Kier molecular flexibility index (Phi) is 8.88. The molecule has 0 bridgehead atoms. The molecular weight excluding hydrogens is 387 g/mol. The maximum atomic E-state index is 11.6. The topological polar surface area (TPSA) is 56.7 Å². The van der Waals surface area contributed by atoms with Crippen molar-refractivity contribution in [3.8, 4) is 0 Å². The number of hydrogen-bond donors (Lipinski definition) is 2. The number of rotatable bonds is 3. The van der Waals surface area contributed by atoms with Gasteiger partial charge in [0.15, 0.2) is 5.96 Å². The van der Waals surface area contributed by atoms with Crippen molar-refractivity contribution in [3.63, 3.8) is 0 Å². The highest BCUT2D eigenvalue weighted by Crippen LogP contribution is 2.29. The van der Waals surface area contributed by atoms with Crippen LogP contribution in [-0.2, 0) is 4.79 Å². The normalized spacial score (nSPS) is 18.5. The molecule has 0 aliphatic carbocycles. The molecule has 1 aliphatic heterocycles. The molecule has 2 N–H and O–H groups in total. The van der Waals surface area contributed by atoms with Gasteiger partial charge >= 0.3 is 0 Å². The molecule has 0 saturated carbocycles. The summed E-state index contributed by atoms with van der Waals surface area (Å²) < 4.78 is 0.232. The third-order valence-corrected chi connectivity index (χ3v) is 4.09. The fraction of sp³-hybridized carbons (Fsp3) is 0.846. The van der Waals surface area contributed by atoms with Crippen LogP contribution < -0.4 is 10.6 Å². The summed E-state index contributed by atoms with van der Waals surface area (Å²) in [5.74, 6) is 1.90. The van der Waals surface area contributed by atoms with Gasteiger partial charge in [0, 0.05) is 36.7 Å². The summed E-state index contributed by atoms with van der Waals surface area (Å²) in [7, 11) is 1.76. The van der Waals surface area contributed by atoms with Gasteiger partial charge in [0.1, 0.15) is 0 Å². The first-order valence-electron chi connectivity index (χ1n) is 6.73. The number of guanidine groups is 1. The summed E-state index contributed by atoms with van der Waals surface area (Å²) in [6.45, 7) is 10.6. The lowest BCUT2D eigenvalue weighted by Gasteiger charge is -2.39. The quantitative estimate of drug-likeness (QED) is 0.418. The number of amides is 1. The Morgan fingerprint density at radius 1 is 1.45 bits per heavy atom. The first-order valence-corrected chi connectivity index (χ1v) is 7.71. The van der Waals surface area contributed by atoms with E-state index in [4.69, 9.17) is 0 Å². The van der Waals surface area contributed by atoms with Gasteiger partial charge in [-0.1, -0.05) is 0 Å². The molecule has 7 heteroatoms. The smallest absolute Gasteiger partial charge is 0.239 e. The highest BCUT2D eigenvalue weighted by molar-refractivity contribution is 14.0. The Hall–Kier alpha value is -0.180. The number of carbonyl (C=O) groups is 1. The Morgan fingerprint density at radius 2 is 2.10 bits per heavy atom. The molecule has 20 heavy (non-hydrogen) atoms. The molecule has 0 aromatic rings. The van der Waals surface area contributed by atoms with Gasteiger partial charge in [0.05, 0.1) is 6.54 Å². The lowest BCUT2D eigenvalue weighted by molar-refractivity contribution is -0.120. The van der Waals surface area contributed by atoms with Crippen LogP contribution in [0.3, 0.4) is 0 Å². The molecule has 0 aromatic heterocycles. The fourth-order valence-electron chi connectivity index (χ4n) is 2.06. The van der Waals surface area contributed by atoms with E-state index in [1.54, 1.807) is 7.05 Å². The second-order valence-corrected chi connectivity index (χ2v) is 7.45. The van der Waals surface area contributed by atoms with Crippen LogP contribution in [0.4, 0.5) is 0 Å². The Bertz CT molecular complexity index is 347. The van der Waals surface area contributed by atoms with Crippen molar-refractivity contribution < 1.29 is 4.79 Å². The van der Waals surface area contributed by atoms with Crippen LogP contribution in [0.5, 0.6) is 0 Å². The average molecular weight is 414 g/mol. The van der Waals surface area contributed by atoms with E-state index in [-0.39, 0.29) is 47.2 Å². The van der Waals surface area contributed by atoms with Gasteiger partial charge in [-0.15, -0.1) is 24.0 Å². The largest absolute Gasteiger partial charge is 0.352 e. The van der Waals surface area contributed by atoms with Crippen LogP contribution in [0.15, 0.2) is 4.99 Å². The number of nitrogens with zero attached hydrogens (tertiary/aromatic N) is 2. The summed E-state index contributed by atoms with van der Waals surface area (Å²) >= 11 is 1.98. The van der Waals surface area contributed by atoms with E-state index < -0.39 is 0 Å². The van der Waals surface area contributed by atoms with Crippen LogP contribution in [-0.4, -0.2) is 60.0 Å². The molecule has 0 aromatic carbocycles. The van der Waals surface area contributed by atoms with Gasteiger partial charge in [-0.25, -0.2) is 0 Å². The van der Waals surface area contributed by atoms with E-state index in [9.17, 15) is 4.79 Å². The Morgan fingerprint density at radius 3 is 2.60 bits per heavy atom. The maximum absolute atomic E-state index is 11.6. The molecule has 1 heterocycles. The monoisotopic (exact) mass is 414 g/mol. The third kappa shape index (κ3) is 7.01. The molecule has 1 rings (SSSR count). The lowest BCUT2D eigenvalue weighted by Crippen LogP contribution is -2.52. The van der Waals surface area contributed by atoms with Crippen LogP contribution in [0.25, 0.3) is 0 Å². The average Bonchev–Trinajstić information content (AvgIpc) is 2.27. The number of hydrogen-bond acceptors (Lipinski definition) is 3. The van der Waals surface area contributed by atoms with E-state index in [2.05, 4.69) is 34.4 Å². The second kappa shape index (κ2) is 8.96. The van der Waals surface area contributed by atoms with Crippen LogP contribution in [0.1, 0.15) is 27.7 Å². The minimum atomic E-state index is 0. The minimum Gasteiger partial charge on any atom is -0.352 e. The van der Waals surface area contributed by atoms with Gasteiger partial charge in [-0.2, -0.15) is 11.8 Å². The summed E-state index contributed by atoms with van der Waals surface area (Å²) in [5, 5.41) is 6.00. The molecule has 5 nitrogen and oxygen atoms in total. The molecule has 1 fully saturated rings. The van der Waals surface area contributed by atoms with Crippen molar-refractivity contribution in [2.75, 3.05) is 32.4 Å². The number of thioether (sulfide) groups is 1. The number of halogens is 1. The number of nitrogens with one attached hydrogen (secondary N) is 2. The molecule has 1 aliphatic rings. The van der Waals surface area contributed by atoms with Crippen LogP contribution in [0, 0.1) is 0 Å². The third-order valence-electron chi connectivity index (χ3n) is 2.79. The van der Waals surface area contributed by atoms with Gasteiger partial charge < -0.3 is 15.5 Å². The zero-order valence-electron chi connectivity index (χ0n) is 13.0. The molecule has 0 atom stereocenters. The number of carbonyl (C=O) groups excluding carboxylic acids is 1. The SMILES string of the molecule is CN=C(NCC(=O)NC(C)C)N1CCSC(C)(C)C1.I. The predicted octanol–water partition coefficient (Wildman–Crippen LogP) is 1.53. The van der Waals surface area contributed by atoms with Gasteiger partial charge in [0.25, 0.3) is 0 Å². The first-order chi connectivity index (χ1) is 8.84. The maximum Gasteiger partial charge on any atom is 0.239 e. The lowest BCUT2D eigenvalue weighted by atomic mass is 10.2. The highest BCUT2D eigenvalue weighted by Gasteiger charge is 2.28. The predicted molar refractivity (Wildman–Crippen MR) is 98.2 cm³/mol. The van der Waals surface area contributed by atoms with Crippen LogP contribution >= 0.6 is 35.7 Å².